The number of carbonyl (C=O) groups excluding carboxylic acids is 2. The van der Waals surface area contributed by atoms with Crippen LogP contribution in [0.1, 0.15) is 35.3 Å². The smallest absolute Gasteiger partial charge is 0.339 e. The van der Waals surface area contributed by atoms with Crippen molar-refractivity contribution in [1.82, 2.24) is 19.6 Å². The van der Waals surface area contributed by atoms with Crippen molar-refractivity contribution in [1.29, 1.82) is 0 Å². The largest absolute Gasteiger partial charge is 0.434 e. The number of nitrogens with zero attached hydrogens (tertiary/aromatic N) is 4. The van der Waals surface area contributed by atoms with Crippen molar-refractivity contribution in [2.45, 2.75) is 25.4 Å². The number of piperazine rings is 1. The second-order valence-corrected chi connectivity index (χ2v) is 7.97. The molecule has 2 heterocycles. The Balaban J connectivity index is 1.54. The molecule has 160 valence electrons. The van der Waals surface area contributed by atoms with E-state index in [1.165, 1.54) is 29.2 Å². The molecule has 1 aromatic carbocycles. The van der Waals surface area contributed by atoms with Crippen LogP contribution in [0.5, 0.6) is 0 Å². The van der Waals surface area contributed by atoms with Gasteiger partial charge < -0.3 is 9.80 Å². The molecule has 10 heteroatoms. The molecule has 1 aromatic heterocycles. The summed E-state index contributed by atoms with van der Waals surface area (Å²) < 4.78 is 42.2. The van der Waals surface area contributed by atoms with Gasteiger partial charge in [-0.2, -0.15) is 18.3 Å². The van der Waals surface area contributed by atoms with E-state index < -0.39 is 23.3 Å². The summed E-state index contributed by atoms with van der Waals surface area (Å²) in [5.41, 5.74) is -1.47. The number of benzene rings is 1. The number of hydrogen-bond donors (Lipinski definition) is 0. The maximum absolute atomic E-state index is 13.8. The Morgan fingerprint density at radius 2 is 1.60 bits per heavy atom. The second-order valence-electron chi connectivity index (χ2n) is 7.54. The van der Waals surface area contributed by atoms with Crippen LogP contribution in [0.2, 0.25) is 5.02 Å². The zero-order chi connectivity index (χ0) is 21.5. The SMILES string of the molecule is O=C(c1cnn(-c2ccc(Cl)cc2)c1C(F)(F)F)N1CCN(C(=O)C2CCC2)CC1. The quantitative estimate of drug-likeness (QED) is 0.732. The molecule has 2 amide bonds. The topological polar surface area (TPSA) is 58.4 Å². The third-order valence-electron chi connectivity index (χ3n) is 5.67. The van der Waals surface area contributed by atoms with E-state index in [0.717, 1.165) is 25.5 Å². The second kappa shape index (κ2) is 7.94. The average molecular weight is 441 g/mol. The van der Waals surface area contributed by atoms with E-state index in [2.05, 4.69) is 5.10 Å². The van der Waals surface area contributed by atoms with Crippen LogP contribution in [0, 0.1) is 5.92 Å². The first kappa shape index (κ1) is 20.7. The van der Waals surface area contributed by atoms with Crippen LogP contribution in [-0.2, 0) is 11.0 Å². The molecule has 6 nitrogen and oxygen atoms in total. The van der Waals surface area contributed by atoms with E-state index >= 15 is 0 Å². The number of aromatic nitrogens is 2. The minimum Gasteiger partial charge on any atom is -0.339 e. The molecule has 0 unspecified atom stereocenters. The minimum absolute atomic E-state index is 0.0571. The van der Waals surface area contributed by atoms with Gasteiger partial charge in [0.25, 0.3) is 5.91 Å². The molecule has 2 aromatic rings. The third kappa shape index (κ3) is 3.90. The van der Waals surface area contributed by atoms with Crippen molar-refractivity contribution < 1.29 is 22.8 Å². The molecule has 1 saturated carbocycles. The Morgan fingerprint density at radius 3 is 2.13 bits per heavy atom. The summed E-state index contributed by atoms with van der Waals surface area (Å²) >= 11 is 5.81. The molecule has 1 saturated heterocycles. The standard InChI is InChI=1S/C20H20ClF3N4O2/c21-14-4-6-15(7-5-14)28-17(20(22,23)24)16(12-25-28)19(30)27-10-8-26(9-11-27)18(29)13-2-1-3-13/h4-7,12-13H,1-3,8-11H2. The fraction of sp³-hybridized carbons (Fsp3) is 0.450. The lowest BCUT2D eigenvalue weighted by Crippen LogP contribution is -2.52. The molecule has 2 aliphatic rings. The fourth-order valence-electron chi connectivity index (χ4n) is 3.77. The number of hydrogen-bond acceptors (Lipinski definition) is 3. The molecule has 0 atom stereocenters. The lowest BCUT2D eigenvalue weighted by atomic mass is 9.84. The highest BCUT2D eigenvalue weighted by Crippen LogP contribution is 2.35. The van der Waals surface area contributed by atoms with Gasteiger partial charge in [0.2, 0.25) is 5.91 Å². The molecular formula is C20H20ClF3N4O2. The van der Waals surface area contributed by atoms with E-state index in [4.69, 9.17) is 11.6 Å². The Bertz CT molecular complexity index is 946. The Hall–Kier alpha value is -2.55. The van der Waals surface area contributed by atoms with Crippen LogP contribution in [0.15, 0.2) is 30.5 Å². The minimum atomic E-state index is -4.77. The Labute approximate surface area is 176 Å². The van der Waals surface area contributed by atoms with Crippen LogP contribution in [0.25, 0.3) is 5.69 Å². The van der Waals surface area contributed by atoms with Gasteiger partial charge in [0.15, 0.2) is 5.69 Å². The predicted octanol–water partition coefficient (Wildman–Crippen LogP) is 3.63. The lowest BCUT2D eigenvalue weighted by molar-refractivity contribution is -0.143. The van der Waals surface area contributed by atoms with Crippen molar-refractivity contribution in [2.24, 2.45) is 5.92 Å². The average Bonchev–Trinajstić information content (AvgIpc) is 3.12. The summed E-state index contributed by atoms with van der Waals surface area (Å²) in [4.78, 5) is 28.3. The molecule has 0 radical (unpaired) electrons. The van der Waals surface area contributed by atoms with Crippen LogP contribution in [0.3, 0.4) is 0 Å². The van der Waals surface area contributed by atoms with E-state index in [1.807, 2.05) is 0 Å². The first-order valence-corrected chi connectivity index (χ1v) is 10.1. The molecule has 0 bridgehead atoms. The molecule has 0 spiro atoms. The summed E-state index contributed by atoms with van der Waals surface area (Å²) in [6.07, 6.45) is -1.00. The van der Waals surface area contributed by atoms with Crippen LogP contribution < -0.4 is 0 Å². The predicted molar refractivity (Wildman–Crippen MR) is 103 cm³/mol. The maximum Gasteiger partial charge on any atom is 0.434 e. The number of alkyl halides is 3. The first-order valence-electron chi connectivity index (χ1n) is 9.75. The van der Waals surface area contributed by atoms with E-state index in [0.29, 0.717) is 22.8 Å². The van der Waals surface area contributed by atoms with Crippen LogP contribution in [-0.4, -0.2) is 57.6 Å². The molecule has 1 aliphatic heterocycles. The van der Waals surface area contributed by atoms with Crippen molar-refractivity contribution in [3.63, 3.8) is 0 Å². The molecule has 30 heavy (non-hydrogen) atoms. The van der Waals surface area contributed by atoms with Gasteiger partial charge >= 0.3 is 6.18 Å². The van der Waals surface area contributed by atoms with Gasteiger partial charge in [0.05, 0.1) is 17.4 Å². The molecule has 1 aliphatic carbocycles. The molecule has 4 rings (SSSR count). The Kier molecular flexibility index (Phi) is 5.48. The summed E-state index contributed by atoms with van der Waals surface area (Å²) in [6, 6.07) is 5.73. The van der Waals surface area contributed by atoms with E-state index in [9.17, 15) is 22.8 Å². The number of halogens is 4. The molecule has 2 fully saturated rings. The van der Waals surface area contributed by atoms with Crippen molar-refractivity contribution >= 4 is 23.4 Å². The maximum atomic E-state index is 13.8. The number of carbonyl (C=O) groups is 2. The van der Waals surface area contributed by atoms with Crippen LogP contribution in [0.4, 0.5) is 13.2 Å². The highest BCUT2D eigenvalue weighted by molar-refractivity contribution is 6.30. The van der Waals surface area contributed by atoms with Crippen LogP contribution >= 0.6 is 11.6 Å². The van der Waals surface area contributed by atoms with Gasteiger partial charge in [-0.05, 0) is 37.1 Å². The normalized spacial score (nSPS) is 17.7. The summed E-state index contributed by atoms with van der Waals surface area (Å²) in [7, 11) is 0. The van der Waals surface area contributed by atoms with Gasteiger partial charge in [0, 0.05) is 37.1 Å². The number of rotatable bonds is 3. The summed E-state index contributed by atoms with van der Waals surface area (Å²) in [5.74, 6) is -0.597. The zero-order valence-corrected chi connectivity index (χ0v) is 16.8. The monoisotopic (exact) mass is 440 g/mol. The van der Waals surface area contributed by atoms with E-state index in [1.54, 1.807) is 4.90 Å². The molecule has 0 N–H and O–H groups in total. The van der Waals surface area contributed by atoms with Gasteiger partial charge in [-0.15, -0.1) is 0 Å². The van der Waals surface area contributed by atoms with Gasteiger partial charge in [-0.1, -0.05) is 18.0 Å². The lowest BCUT2D eigenvalue weighted by Gasteiger charge is -2.38. The van der Waals surface area contributed by atoms with Crippen molar-refractivity contribution in [3.8, 4) is 5.69 Å². The van der Waals surface area contributed by atoms with E-state index in [-0.39, 0.29) is 30.6 Å². The fourth-order valence-corrected chi connectivity index (χ4v) is 3.90. The highest BCUT2D eigenvalue weighted by atomic mass is 35.5. The Morgan fingerprint density at radius 1 is 1.00 bits per heavy atom. The van der Waals surface area contributed by atoms with Gasteiger partial charge in [-0.25, -0.2) is 4.68 Å². The highest BCUT2D eigenvalue weighted by Gasteiger charge is 2.42. The van der Waals surface area contributed by atoms with Crippen molar-refractivity contribution in [3.05, 3.63) is 46.7 Å². The van der Waals surface area contributed by atoms with Crippen molar-refractivity contribution in [2.75, 3.05) is 26.2 Å². The first-order chi connectivity index (χ1) is 14.3. The van der Waals surface area contributed by atoms with Gasteiger partial charge in [-0.3, -0.25) is 9.59 Å². The molecular weight excluding hydrogens is 421 g/mol. The summed E-state index contributed by atoms with van der Waals surface area (Å²) in [5, 5.41) is 4.20. The third-order valence-corrected chi connectivity index (χ3v) is 5.92. The number of amides is 2. The van der Waals surface area contributed by atoms with Gasteiger partial charge in [0.1, 0.15) is 0 Å². The summed E-state index contributed by atoms with van der Waals surface area (Å²) in [6.45, 7) is 1.04. The zero-order valence-electron chi connectivity index (χ0n) is 16.0.